The summed E-state index contributed by atoms with van der Waals surface area (Å²) in [6.45, 7) is 0. The summed E-state index contributed by atoms with van der Waals surface area (Å²) in [5, 5.41) is 12.2. The number of hydrogen-bond acceptors (Lipinski definition) is 1. The van der Waals surface area contributed by atoms with Gasteiger partial charge in [0, 0.05) is 16.2 Å². The molecule has 0 unspecified atom stereocenters. The number of hydrogen-bond donors (Lipinski definition) is 0. The van der Waals surface area contributed by atoms with Gasteiger partial charge in [0.2, 0.25) is 0 Å². The maximum atomic E-state index is 6.56. The third-order valence-corrected chi connectivity index (χ3v) is 9.85. The van der Waals surface area contributed by atoms with E-state index in [0.717, 1.165) is 21.9 Å². The van der Waals surface area contributed by atoms with Crippen LogP contribution in [0.2, 0.25) is 0 Å². The number of benzene rings is 9. The zero-order valence-corrected chi connectivity index (χ0v) is 25.6. The van der Waals surface area contributed by atoms with E-state index in [0.29, 0.717) is 0 Å². The van der Waals surface area contributed by atoms with Crippen LogP contribution in [-0.4, -0.2) is 0 Å². The monoisotopic (exact) mass is 596 g/mol. The molecule has 0 atom stereocenters. The Morgan fingerprint density at radius 2 is 0.745 bits per heavy atom. The van der Waals surface area contributed by atoms with Crippen molar-refractivity contribution in [1.82, 2.24) is 0 Å². The van der Waals surface area contributed by atoms with E-state index in [1.165, 1.54) is 76.5 Å². The largest absolute Gasteiger partial charge is 0.455 e. The quantitative estimate of drug-likeness (QED) is 0.146. The SMILES string of the molecule is c1ccc(-c2ccc(-c3c4ccccc4c(-c4ccc5c(c4)c4ccccc4c4c6ccccc6oc54)c4ccccc34)cc2)cc1. The molecule has 1 heterocycles. The topological polar surface area (TPSA) is 13.1 Å². The number of furan rings is 1. The van der Waals surface area contributed by atoms with E-state index < -0.39 is 0 Å². The number of para-hydroxylation sites is 1. The smallest absolute Gasteiger partial charge is 0.143 e. The van der Waals surface area contributed by atoms with Gasteiger partial charge in [0.05, 0.1) is 0 Å². The number of rotatable bonds is 3. The van der Waals surface area contributed by atoms with E-state index in [2.05, 4.69) is 164 Å². The second kappa shape index (κ2) is 10.2. The Labute approximate surface area is 271 Å². The Hall–Kier alpha value is -6.18. The fourth-order valence-electron chi connectivity index (χ4n) is 7.77. The first-order chi connectivity index (χ1) is 23.3. The average Bonchev–Trinajstić information content (AvgIpc) is 3.54. The van der Waals surface area contributed by atoms with Gasteiger partial charge in [0.15, 0.2) is 0 Å². The number of fused-ring (bicyclic) bond motifs is 10. The predicted molar refractivity (Wildman–Crippen MR) is 200 cm³/mol. The second-order valence-electron chi connectivity index (χ2n) is 12.4. The van der Waals surface area contributed by atoms with E-state index in [9.17, 15) is 0 Å². The van der Waals surface area contributed by atoms with Crippen LogP contribution >= 0.6 is 0 Å². The summed E-state index contributed by atoms with van der Waals surface area (Å²) in [6.07, 6.45) is 0. The van der Waals surface area contributed by atoms with Gasteiger partial charge in [-0.15, -0.1) is 0 Å². The molecule has 0 saturated carbocycles. The van der Waals surface area contributed by atoms with E-state index >= 15 is 0 Å². The summed E-state index contributed by atoms with van der Waals surface area (Å²) in [5.74, 6) is 0. The minimum Gasteiger partial charge on any atom is -0.455 e. The molecule has 10 rings (SSSR count). The lowest BCUT2D eigenvalue weighted by Crippen LogP contribution is -1.91. The van der Waals surface area contributed by atoms with Gasteiger partial charge >= 0.3 is 0 Å². The first-order valence-electron chi connectivity index (χ1n) is 16.2. The van der Waals surface area contributed by atoms with Crippen LogP contribution in [-0.2, 0) is 0 Å². The van der Waals surface area contributed by atoms with Crippen LogP contribution in [0.3, 0.4) is 0 Å². The van der Waals surface area contributed by atoms with Gasteiger partial charge in [-0.05, 0) is 89.3 Å². The van der Waals surface area contributed by atoms with Crippen molar-refractivity contribution in [3.63, 3.8) is 0 Å². The van der Waals surface area contributed by atoms with Crippen molar-refractivity contribution < 1.29 is 4.42 Å². The van der Waals surface area contributed by atoms with Crippen LogP contribution < -0.4 is 0 Å². The highest BCUT2D eigenvalue weighted by Crippen LogP contribution is 2.46. The van der Waals surface area contributed by atoms with Crippen LogP contribution in [0.15, 0.2) is 174 Å². The van der Waals surface area contributed by atoms with Crippen LogP contribution in [0.1, 0.15) is 0 Å². The van der Waals surface area contributed by atoms with Gasteiger partial charge in [0.1, 0.15) is 11.2 Å². The summed E-state index contributed by atoms with van der Waals surface area (Å²) in [5.41, 5.74) is 9.29. The highest BCUT2D eigenvalue weighted by molar-refractivity contribution is 6.31. The van der Waals surface area contributed by atoms with Crippen molar-refractivity contribution >= 4 is 65.0 Å². The molecular weight excluding hydrogens is 569 g/mol. The molecule has 47 heavy (non-hydrogen) atoms. The van der Waals surface area contributed by atoms with Crippen molar-refractivity contribution in [2.75, 3.05) is 0 Å². The first kappa shape index (κ1) is 26.1. The molecule has 1 heteroatoms. The average molecular weight is 597 g/mol. The van der Waals surface area contributed by atoms with E-state index in [1.54, 1.807) is 0 Å². The highest BCUT2D eigenvalue weighted by Gasteiger charge is 2.19. The molecule has 0 aliphatic heterocycles. The Morgan fingerprint density at radius 3 is 1.40 bits per heavy atom. The molecule has 0 fully saturated rings. The van der Waals surface area contributed by atoms with Gasteiger partial charge < -0.3 is 4.42 Å². The molecule has 218 valence electrons. The Morgan fingerprint density at radius 1 is 0.277 bits per heavy atom. The lowest BCUT2D eigenvalue weighted by Gasteiger charge is -2.18. The zero-order valence-electron chi connectivity index (χ0n) is 25.6. The minimum atomic E-state index is 0.925. The molecule has 1 nitrogen and oxygen atoms in total. The fourth-order valence-corrected chi connectivity index (χ4v) is 7.77. The van der Waals surface area contributed by atoms with E-state index in [4.69, 9.17) is 4.42 Å². The van der Waals surface area contributed by atoms with Gasteiger partial charge in [-0.3, -0.25) is 0 Å². The van der Waals surface area contributed by atoms with E-state index in [-0.39, 0.29) is 0 Å². The Balaban J connectivity index is 1.25. The molecular formula is C46H28O. The van der Waals surface area contributed by atoms with Crippen molar-refractivity contribution in [1.29, 1.82) is 0 Å². The van der Waals surface area contributed by atoms with Crippen molar-refractivity contribution in [3.8, 4) is 33.4 Å². The predicted octanol–water partition coefficient (Wildman–Crippen LogP) is 13.2. The van der Waals surface area contributed by atoms with Crippen LogP contribution in [0.5, 0.6) is 0 Å². The fraction of sp³-hybridized carbons (Fsp3) is 0. The van der Waals surface area contributed by atoms with Crippen molar-refractivity contribution in [2.45, 2.75) is 0 Å². The molecule has 1 aromatic heterocycles. The standard InChI is InChI=1S/C46H28O/c1-2-12-29(13-3-1)30-22-24-31(25-23-30)43-35-16-6-8-18-37(35)44(38-19-9-7-17-36(38)43)32-26-27-39-41(28-32)33-14-4-5-15-34(33)45-40-20-10-11-21-42(40)47-46(39)45/h1-28H. The van der Waals surface area contributed by atoms with Gasteiger partial charge in [-0.2, -0.15) is 0 Å². The van der Waals surface area contributed by atoms with Crippen LogP contribution in [0.4, 0.5) is 0 Å². The minimum absolute atomic E-state index is 0.925. The van der Waals surface area contributed by atoms with E-state index in [1.807, 2.05) is 6.07 Å². The molecule has 0 bridgehead atoms. The molecule has 10 aromatic rings. The lowest BCUT2D eigenvalue weighted by atomic mass is 9.85. The summed E-state index contributed by atoms with van der Waals surface area (Å²) >= 11 is 0. The van der Waals surface area contributed by atoms with Crippen molar-refractivity contribution in [2.24, 2.45) is 0 Å². The molecule has 9 aromatic carbocycles. The van der Waals surface area contributed by atoms with Crippen LogP contribution in [0, 0.1) is 0 Å². The van der Waals surface area contributed by atoms with Crippen LogP contribution in [0.25, 0.3) is 98.4 Å². The molecule has 0 radical (unpaired) electrons. The highest BCUT2D eigenvalue weighted by atomic mass is 16.3. The molecule has 0 spiro atoms. The Bertz CT molecular complexity index is 2760. The molecule has 0 aliphatic rings. The Kier molecular flexibility index (Phi) is 5.64. The second-order valence-corrected chi connectivity index (χ2v) is 12.4. The lowest BCUT2D eigenvalue weighted by molar-refractivity contribution is 0.673. The molecule has 0 N–H and O–H groups in total. The van der Waals surface area contributed by atoms with Gasteiger partial charge in [0.25, 0.3) is 0 Å². The summed E-state index contributed by atoms with van der Waals surface area (Å²) < 4.78 is 6.56. The third kappa shape index (κ3) is 3.90. The molecule has 0 amide bonds. The third-order valence-electron chi connectivity index (χ3n) is 9.85. The van der Waals surface area contributed by atoms with Gasteiger partial charge in [-0.1, -0.05) is 152 Å². The summed E-state index contributed by atoms with van der Waals surface area (Å²) in [4.78, 5) is 0. The molecule has 0 saturated heterocycles. The summed E-state index contributed by atoms with van der Waals surface area (Å²) in [6, 6.07) is 61.5. The van der Waals surface area contributed by atoms with Gasteiger partial charge in [-0.25, -0.2) is 0 Å². The van der Waals surface area contributed by atoms with Crippen molar-refractivity contribution in [3.05, 3.63) is 170 Å². The normalized spacial score (nSPS) is 11.8. The molecule has 0 aliphatic carbocycles. The first-order valence-corrected chi connectivity index (χ1v) is 16.2. The summed E-state index contributed by atoms with van der Waals surface area (Å²) in [7, 11) is 0. The maximum absolute atomic E-state index is 6.56. The maximum Gasteiger partial charge on any atom is 0.143 e. The zero-order chi connectivity index (χ0) is 30.9.